The van der Waals surface area contributed by atoms with Gasteiger partial charge in [-0.1, -0.05) is 21.1 Å². The fourth-order valence-electron chi connectivity index (χ4n) is 2.25. The Morgan fingerprint density at radius 1 is 1.48 bits per heavy atom. The minimum absolute atomic E-state index is 0.0604. The van der Waals surface area contributed by atoms with Gasteiger partial charge in [-0.2, -0.15) is 5.26 Å². The van der Waals surface area contributed by atoms with Gasteiger partial charge in [-0.15, -0.1) is 5.10 Å². The number of aromatic carboxylic acids is 1. The number of carboxylic acid groups (broad SMARTS) is 1. The number of halogens is 1. The third-order valence-electron chi connectivity index (χ3n) is 3.39. The summed E-state index contributed by atoms with van der Waals surface area (Å²) in [5.41, 5.74) is 1.41. The quantitative estimate of drug-likeness (QED) is 0.907. The number of benzene rings is 1. The molecular formula is C13H10BrN5O2. The highest BCUT2D eigenvalue weighted by Crippen LogP contribution is 2.31. The van der Waals surface area contributed by atoms with E-state index in [1.165, 1.54) is 6.20 Å². The number of carboxylic acids is 1. The Labute approximate surface area is 128 Å². The van der Waals surface area contributed by atoms with Gasteiger partial charge in [0.05, 0.1) is 23.5 Å². The van der Waals surface area contributed by atoms with Crippen LogP contribution in [0, 0.1) is 11.3 Å². The number of hydrogen-bond donors (Lipinski definition) is 1. The second kappa shape index (κ2) is 5.18. The van der Waals surface area contributed by atoms with E-state index in [1.54, 1.807) is 10.7 Å². The van der Waals surface area contributed by atoms with Crippen LogP contribution >= 0.6 is 15.9 Å². The number of carbonyl (C=O) groups is 1. The molecule has 0 amide bonds. The maximum absolute atomic E-state index is 10.8. The summed E-state index contributed by atoms with van der Waals surface area (Å²) in [4.78, 5) is 12.8. The molecule has 3 rings (SSSR count). The van der Waals surface area contributed by atoms with Crippen molar-refractivity contribution in [2.75, 3.05) is 18.0 Å². The topological polar surface area (TPSA) is 95.0 Å². The summed E-state index contributed by atoms with van der Waals surface area (Å²) < 4.78 is 2.42. The Balaban J connectivity index is 1.73. The molecule has 1 aromatic carbocycles. The molecule has 1 aliphatic rings. The normalized spacial score (nSPS) is 14.6. The van der Waals surface area contributed by atoms with Gasteiger partial charge in [-0.25, -0.2) is 9.48 Å². The van der Waals surface area contributed by atoms with E-state index in [4.69, 9.17) is 10.4 Å². The summed E-state index contributed by atoms with van der Waals surface area (Å²) in [5.74, 6) is -1.09. The van der Waals surface area contributed by atoms with Crippen LogP contribution in [0.5, 0.6) is 0 Å². The van der Waals surface area contributed by atoms with Crippen LogP contribution in [-0.2, 0) is 0 Å². The van der Waals surface area contributed by atoms with E-state index in [0.29, 0.717) is 18.7 Å². The summed E-state index contributed by atoms with van der Waals surface area (Å²) in [6.07, 6.45) is 1.43. The molecule has 0 spiro atoms. The molecule has 1 aromatic heterocycles. The van der Waals surface area contributed by atoms with Gasteiger partial charge in [0.2, 0.25) is 0 Å². The van der Waals surface area contributed by atoms with Gasteiger partial charge in [-0.3, -0.25) is 0 Å². The Morgan fingerprint density at radius 3 is 2.86 bits per heavy atom. The summed E-state index contributed by atoms with van der Waals surface area (Å²) in [6, 6.07) is 7.81. The smallest absolute Gasteiger partial charge is 0.358 e. The highest BCUT2D eigenvalue weighted by atomic mass is 79.9. The molecule has 1 N–H and O–H groups in total. The standard InChI is InChI=1S/C13H10BrN5O2/c14-9-1-2-12(8(3-9)4-15)18-5-10(6-18)19-7-11(13(20)21)16-17-19/h1-3,7,10H,5-6H2,(H,20,21). The Kier molecular flexibility index (Phi) is 3.35. The van der Waals surface area contributed by atoms with Gasteiger partial charge in [0, 0.05) is 17.6 Å². The molecule has 1 aliphatic heterocycles. The van der Waals surface area contributed by atoms with Crippen molar-refractivity contribution in [2.45, 2.75) is 6.04 Å². The third kappa shape index (κ3) is 2.48. The van der Waals surface area contributed by atoms with Crippen molar-refractivity contribution in [3.8, 4) is 6.07 Å². The minimum Gasteiger partial charge on any atom is -0.476 e. The van der Waals surface area contributed by atoms with E-state index in [1.807, 2.05) is 12.1 Å². The van der Waals surface area contributed by atoms with E-state index < -0.39 is 5.97 Å². The van der Waals surface area contributed by atoms with Crippen LogP contribution in [-0.4, -0.2) is 39.2 Å². The monoisotopic (exact) mass is 347 g/mol. The average Bonchev–Trinajstić information content (AvgIpc) is 2.88. The number of rotatable bonds is 3. The lowest BCUT2D eigenvalue weighted by Crippen LogP contribution is -2.48. The number of nitriles is 1. The maximum atomic E-state index is 10.8. The van der Waals surface area contributed by atoms with Crippen LogP contribution in [0.25, 0.3) is 0 Å². The van der Waals surface area contributed by atoms with E-state index in [-0.39, 0.29) is 11.7 Å². The molecule has 0 aliphatic carbocycles. The van der Waals surface area contributed by atoms with Gasteiger partial charge in [-0.05, 0) is 18.2 Å². The predicted octanol–water partition coefficient (Wildman–Crippen LogP) is 1.67. The van der Waals surface area contributed by atoms with E-state index in [0.717, 1.165) is 10.2 Å². The molecule has 2 aromatic rings. The van der Waals surface area contributed by atoms with E-state index in [2.05, 4.69) is 37.2 Å². The second-order valence-electron chi connectivity index (χ2n) is 4.72. The first-order chi connectivity index (χ1) is 10.1. The SMILES string of the molecule is N#Cc1cc(Br)ccc1N1CC(n2cc(C(=O)O)nn2)C1. The summed E-state index contributed by atoms with van der Waals surface area (Å²) in [6.45, 7) is 1.33. The largest absolute Gasteiger partial charge is 0.476 e. The van der Waals surface area contributed by atoms with Crippen molar-refractivity contribution in [3.05, 3.63) is 40.1 Å². The van der Waals surface area contributed by atoms with Crippen LogP contribution in [0.3, 0.4) is 0 Å². The molecule has 0 radical (unpaired) electrons. The van der Waals surface area contributed by atoms with E-state index in [9.17, 15) is 4.79 Å². The molecule has 0 saturated carbocycles. The van der Waals surface area contributed by atoms with Crippen molar-refractivity contribution in [1.82, 2.24) is 15.0 Å². The average molecular weight is 348 g/mol. The molecule has 0 atom stereocenters. The van der Waals surface area contributed by atoms with Crippen molar-refractivity contribution < 1.29 is 9.90 Å². The number of aromatic nitrogens is 3. The number of nitrogens with zero attached hydrogens (tertiary/aromatic N) is 5. The molecule has 1 fully saturated rings. The molecule has 0 unspecified atom stereocenters. The lowest BCUT2D eigenvalue weighted by atomic mass is 10.1. The molecule has 2 heterocycles. The van der Waals surface area contributed by atoms with Crippen LogP contribution in [0.15, 0.2) is 28.9 Å². The summed E-state index contributed by atoms with van der Waals surface area (Å²) >= 11 is 3.34. The van der Waals surface area contributed by atoms with Gasteiger partial charge in [0.15, 0.2) is 5.69 Å². The second-order valence-corrected chi connectivity index (χ2v) is 5.64. The first-order valence-electron chi connectivity index (χ1n) is 6.18. The molecular weight excluding hydrogens is 338 g/mol. The van der Waals surface area contributed by atoms with Crippen LogP contribution < -0.4 is 4.90 Å². The Morgan fingerprint density at radius 2 is 2.24 bits per heavy atom. The Bertz CT molecular complexity index is 745. The Hall–Kier alpha value is -2.40. The fraction of sp³-hybridized carbons (Fsp3) is 0.231. The fourth-order valence-corrected chi connectivity index (χ4v) is 2.61. The number of anilines is 1. The zero-order valence-corrected chi connectivity index (χ0v) is 12.4. The zero-order chi connectivity index (χ0) is 15.0. The molecule has 7 nitrogen and oxygen atoms in total. The maximum Gasteiger partial charge on any atom is 0.358 e. The van der Waals surface area contributed by atoms with Gasteiger partial charge >= 0.3 is 5.97 Å². The highest BCUT2D eigenvalue weighted by molar-refractivity contribution is 9.10. The van der Waals surface area contributed by atoms with Gasteiger partial charge in [0.25, 0.3) is 0 Å². The number of hydrogen-bond acceptors (Lipinski definition) is 5. The molecule has 0 bridgehead atoms. The lowest BCUT2D eigenvalue weighted by Gasteiger charge is -2.41. The molecule has 1 saturated heterocycles. The van der Waals surface area contributed by atoms with Crippen molar-refractivity contribution in [3.63, 3.8) is 0 Å². The first-order valence-corrected chi connectivity index (χ1v) is 6.97. The molecule has 21 heavy (non-hydrogen) atoms. The minimum atomic E-state index is -1.09. The van der Waals surface area contributed by atoms with Crippen molar-refractivity contribution in [1.29, 1.82) is 5.26 Å². The molecule has 8 heteroatoms. The predicted molar refractivity (Wildman–Crippen MR) is 77.1 cm³/mol. The van der Waals surface area contributed by atoms with Gasteiger partial charge < -0.3 is 10.0 Å². The highest BCUT2D eigenvalue weighted by Gasteiger charge is 2.31. The first kappa shape index (κ1) is 13.6. The van der Waals surface area contributed by atoms with Crippen LogP contribution in [0.1, 0.15) is 22.1 Å². The van der Waals surface area contributed by atoms with Crippen LogP contribution in [0.4, 0.5) is 5.69 Å². The summed E-state index contributed by atoms with van der Waals surface area (Å²) in [5, 5.41) is 25.4. The lowest BCUT2D eigenvalue weighted by molar-refractivity contribution is 0.0690. The summed E-state index contributed by atoms with van der Waals surface area (Å²) in [7, 11) is 0. The van der Waals surface area contributed by atoms with E-state index >= 15 is 0 Å². The van der Waals surface area contributed by atoms with Gasteiger partial charge in [0.1, 0.15) is 6.07 Å². The third-order valence-corrected chi connectivity index (χ3v) is 3.88. The molecule has 106 valence electrons. The van der Waals surface area contributed by atoms with Crippen LogP contribution in [0.2, 0.25) is 0 Å². The van der Waals surface area contributed by atoms with Crippen molar-refractivity contribution >= 4 is 27.6 Å². The zero-order valence-electron chi connectivity index (χ0n) is 10.8. The van der Waals surface area contributed by atoms with Crippen molar-refractivity contribution in [2.24, 2.45) is 0 Å².